The van der Waals surface area contributed by atoms with Gasteiger partial charge < -0.3 is 4.74 Å². The second-order valence-corrected chi connectivity index (χ2v) is 7.36. The van der Waals surface area contributed by atoms with Gasteiger partial charge in [-0.1, -0.05) is 44.4 Å². The van der Waals surface area contributed by atoms with Gasteiger partial charge in [-0.25, -0.2) is 4.57 Å². The molecule has 1 aromatic carbocycles. The van der Waals surface area contributed by atoms with Crippen LogP contribution in [0.2, 0.25) is 0 Å². The normalized spacial score (nSPS) is 10.8. The van der Waals surface area contributed by atoms with Gasteiger partial charge in [-0.15, -0.1) is 0 Å². The molecule has 0 fully saturated rings. The molecular weight excluding hydrogens is 344 g/mol. The maximum atomic E-state index is 5.69. The second kappa shape index (κ2) is 10.0. The molecule has 0 radical (unpaired) electrons. The Hall–Kier alpha value is -2.68. The lowest BCUT2D eigenvalue weighted by Gasteiger charge is -2.08. The Labute approximate surface area is 169 Å². The maximum absolute atomic E-state index is 5.69. The first kappa shape index (κ1) is 20.1. The van der Waals surface area contributed by atoms with Gasteiger partial charge in [0.1, 0.15) is 6.54 Å². The molecule has 0 aliphatic carbocycles. The van der Waals surface area contributed by atoms with Gasteiger partial charge >= 0.3 is 0 Å². The molecule has 146 valence electrons. The number of methoxy groups -OCH3 is 1. The maximum Gasteiger partial charge on any atom is 0.213 e. The summed E-state index contributed by atoms with van der Waals surface area (Å²) in [6, 6.07) is 14.9. The van der Waals surface area contributed by atoms with Crippen LogP contribution in [0.15, 0.2) is 67.3 Å². The molecule has 0 bridgehead atoms. The summed E-state index contributed by atoms with van der Waals surface area (Å²) >= 11 is 0. The van der Waals surface area contributed by atoms with Crippen LogP contribution in [0.25, 0.3) is 16.8 Å². The molecule has 0 aliphatic rings. The van der Waals surface area contributed by atoms with Crippen LogP contribution < -0.4 is 13.9 Å². The van der Waals surface area contributed by atoms with Gasteiger partial charge in [0, 0.05) is 41.8 Å². The molecule has 0 N–H and O–H groups in total. The van der Waals surface area contributed by atoms with E-state index in [2.05, 4.69) is 90.2 Å². The summed E-state index contributed by atoms with van der Waals surface area (Å²) in [6.07, 6.45) is 15.0. The molecule has 3 aromatic rings. The minimum absolute atomic E-state index is 0.921. The van der Waals surface area contributed by atoms with Crippen molar-refractivity contribution in [3.8, 4) is 22.6 Å². The van der Waals surface area contributed by atoms with Crippen LogP contribution in [0.5, 0.6) is 5.75 Å². The van der Waals surface area contributed by atoms with Gasteiger partial charge in [0.15, 0.2) is 24.3 Å². The van der Waals surface area contributed by atoms with E-state index in [1.807, 2.05) is 0 Å². The Kier molecular flexibility index (Phi) is 7.18. The van der Waals surface area contributed by atoms with Crippen LogP contribution in [0, 0.1) is 6.92 Å². The number of pyridine rings is 2. The largest absolute Gasteiger partial charge is 0.490 e. The van der Waals surface area contributed by atoms with Gasteiger partial charge in [-0.3, -0.25) is 0 Å². The topological polar surface area (TPSA) is 17.0 Å². The third-order valence-corrected chi connectivity index (χ3v) is 5.26. The molecular formula is C25H32N2O+2. The van der Waals surface area contributed by atoms with Crippen molar-refractivity contribution in [3.05, 3.63) is 72.8 Å². The van der Waals surface area contributed by atoms with Crippen molar-refractivity contribution in [1.82, 2.24) is 0 Å². The minimum Gasteiger partial charge on any atom is -0.490 e. The number of hydrogen-bond acceptors (Lipinski definition) is 1. The van der Waals surface area contributed by atoms with Crippen LogP contribution in [0.4, 0.5) is 0 Å². The lowest BCUT2D eigenvalue weighted by Crippen LogP contribution is -2.33. The Morgan fingerprint density at radius 2 is 1.61 bits per heavy atom. The summed E-state index contributed by atoms with van der Waals surface area (Å²) in [5.74, 6) is 0.921. The molecule has 3 rings (SSSR count). The SMILES string of the molecule is CCCCCCC[n+]1ccc(-c2cc[n+](-c3ccccc3C)cc2)c(OC)c1. The lowest BCUT2D eigenvalue weighted by molar-refractivity contribution is -0.697. The van der Waals surface area contributed by atoms with Gasteiger partial charge in [-0.2, -0.15) is 4.57 Å². The zero-order valence-electron chi connectivity index (χ0n) is 17.4. The standard InChI is InChI=1S/C25H32N2O/c1-4-5-6-7-10-16-26-17-15-23(25(20-26)28-3)22-13-18-27(19-14-22)24-12-9-8-11-21(24)2/h8-9,11-15,17-20H,4-7,10,16H2,1-3H3/q+2. The van der Waals surface area contributed by atoms with Gasteiger partial charge in [0.05, 0.1) is 7.11 Å². The molecule has 0 spiro atoms. The summed E-state index contributed by atoms with van der Waals surface area (Å²) < 4.78 is 10.1. The molecule has 0 amide bonds. The predicted octanol–water partition coefficient (Wildman–Crippen LogP) is 5.21. The Morgan fingerprint density at radius 3 is 2.32 bits per heavy atom. The number of unbranched alkanes of at least 4 members (excludes halogenated alkanes) is 4. The average molecular weight is 377 g/mol. The molecule has 0 saturated carbocycles. The summed E-state index contributed by atoms with van der Waals surface area (Å²) in [4.78, 5) is 0. The molecule has 0 unspecified atom stereocenters. The molecule has 3 heteroatoms. The van der Waals surface area contributed by atoms with E-state index in [4.69, 9.17) is 4.74 Å². The molecule has 2 aromatic heterocycles. The van der Waals surface area contributed by atoms with E-state index in [0.717, 1.165) is 23.4 Å². The Bertz CT molecular complexity index is 887. The average Bonchev–Trinajstić information content (AvgIpc) is 2.74. The fourth-order valence-electron chi connectivity index (χ4n) is 3.57. The number of rotatable bonds is 9. The summed E-state index contributed by atoms with van der Waals surface area (Å²) in [5.41, 5.74) is 4.76. The number of hydrogen-bond donors (Lipinski definition) is 0. The van der Waals surface area contributed by atoms with Crippen molar-refractivity contribution in [2.45, 2.75) is 52.5 Å². The van der Waals surface area contributed by atoms with E-state index >= 15 is 0 Å². The van der Waals surface area contributed by atoms with E-state index < -0.39 is 0 Å². The third-order valence-electron chi connectivity index (χ3n) is 5.26. The highest BCUT2D eigenvalue weighted by molar-refractivity contribution is 5.68. The molecule has 0 saturated heterocycles. The second-order valence-electron chi connectivity index (χ2n) is 7.36. The van der Waals surface area contributed by atoms with Gasteiger partial charge in [-0.05, 0) is 18.9 Å². The van der Waals surface area contributed by atoms with Crippen LogP contribution >= 0.6 is 0 Å². The summed E-state index contributed by atoms with van der Waals surface area (Å²) in [7, 11) is 1.75. The lowest BCUT2D eigenvalue weighted by atomic mass is 10.1. The Balaban J connectivity index is 1.75. The fourth-order valence-corrected chi connectivity index (χ4v) is 3.57. The highest BCUT2D eigenvalue weighted by Crippen LogP contribution is 2.27. The fraction of sp³-hybridized carbons (Fsp3) is 0.360. The predicted molar refractivity (Wildman–Crippen MR) is 114 cm³/mol. The minimum atomic E-state index is 0.921. The van der Waals surface area contributed by atoms with Crippen LogP contribution in [-0.2, 0) is 6.54 Å². The van der Waals surface area contributed by atoms with E-state index in [9.17, 15) is 0 Å². The number of benzene rings is 1. The van der Waals surface area contributed by atoms with E-state index in [-0.39, 0.29) is 0 Å². The zero-order valence-corrected chi connectivity index (χ0v) is 17.4. The molecule has 28 heavy (non-hydrogen) atoms. The van der Waals surface area contributed by atoms with Gasteiger partial charge in [0.25, 0.3) is 0 Å². The van der Waals surface area contributed by atoms with Crippen molar-refractivity contribution in [2.75, 3.05) is 7.11 Å². The smallest absolute Gasteiger partial charge is 0.213 e. The quantitative estimate of drug-likeness (QED) is 0.370. The zero-order chi connectivity index (χ0) is 19.8. The first-order valence-electron chi connectivity index (χ1n) is 10.4. The van der Waals surface area contributed by atoms with Crippen LogP contribution in [-0.4, -0.2) is 7.11 Å². The number of ether oxygens (including phenoxy) is 1. The molecule has 0 atom stereocenters. The third kappa shape index (κ3) is 4.98. The first-order valence-corrected chi connectivity index (χ1v) is 10.4. The summed E-state index contributed by atoms with van der Waals surface area (Å²) in [6.45, 7) is 5.43. The number of aryl methyl sites for hydroxylation is 2. The first-order chi connectivity index (χ1) is 13.7. The van der Waals surface area contributed by atoms with Crippen molar-refractivity contribution in [2.24, 2.45) is 0 Å². The van der Waals surface area contributed by atoms with Crippen molar-refractivity contribution in [3.63, 3.8) is 0 Å². The number of nitrogens with zero attached hydrogens (tertiary/aromatic N) is 2. The van der Waals surface area contributed by atoms with Gasteiger partial charge in [0.2, 0.25) is 11.9 Å². The number of para-hydroxylation sites is 1. The van der Waals surface area contributed by atoms with E-state index in [0.29, 0.717) is 0 Å². The van der Waals surface area contributed by atoms with Crippen molar-refractivity contribution < 1.29 is 13.9 Å². The highest BCUT2D eigenvalue weighted by atomic mass is 16.5. The summed E-state index contributed by atoms with van der Waals surface area (Å²) in [5, 5.41) is 0. The van der Waals surface area contributed by atoms with Crippen LogP contribution in [0.1, 0.15) is 44.6 Å². The monoisotopic (exact) mass is 376 g/mol. The highest BCUT2D eigenvalue weighted by Gasteiger charge is 2.14. The van der Waals surface area contributed by atoms with E-state index in [1.165, 1.54) is 43.4 Å². The van der Waals surface area contributed by atoms with E-state index in [1.54, 1.807) is 7.11 Å². The van der Waals surface area contributed by atoms with Crippen molar-refractivity contribution in [1.29, 1.82) is 0 Å². The number of aromatic nitrogens is 2. The van der Waals surface area contributed by atoms with Crippen LogP contribution in [0.3, 0.4) is 0 Å². The molecule has 3 nitrogen and oxygen atoms in total. The Morgan fingerprint density at radius 1 is 0.857 bits per heavy atom. The molecule has 0 aliphatic heterocycles. The molecule has 2 heterocycles. The van der Waals surface area contributed by atoms with Crippen molar-refractivity contribution >= 4 is 0 Å².